The van der Waals surface area contributed by atoms with Gasteiger partial charge in [-0.3, -0.25) is 29.2 Å². The van der Waals surface area contributed by atoms with E-state index < -0.39 is 0 Å². The van der Waals surface area contributed by atoms with Crippen LogP contribution in [0.3, 0.4) is 0 Å². The molecule has 1 saturated carbocycles. The molecule has 0 spiro atoms. The number of hydrogen-bond donors (Lipinski definition) is 0. The van der Waals surface area contributed by atoms with Crippen molar-refractivity contribution in [2.45, 2.75) is 85.4 Å². The van der Waals surface area contributed by atoms with Crippen LogP contribution in [0.15, 0.2) is 122 Å². The molecule has 408 valence electrons. The standard InChI is InChI=1S/C31H36ClFN4O2.C30H36ClFN4O2/c1-2-35(21-27-28(32)6-3-7-29(27)33)19-23-8-10-24(11-9-23)20-36-15-17-37(18-16-36)30-26(5-4-14-34-30)22-39-31(38)25-12-13-25;1-4-34(21-26-27(31)8-5-9-28(26)32)19-23-10-12-24(13-11-23)20-35-15-17-36(18-16-35)29-25(7-6-14-33-29)22(2)30(37)38-3/h3-11,14,25H,2,12-13,15-22H2,1H3;5-14,22H,4,15-21H2,1-3H3. The van der Waals surface area contributed by atoms with E-state index in [0.717, 1.165) is 127 Å². The van der Waals surface area contributed by atoms with E-state index in [0.29, 0.717) is 34.3 Å². The lowest BCUT2D eigenvalue weighted by Gasteiger charge is -2.36. The molecule has 2 aliphatic heterocycles. The van der Waals surface area contributed by atoms with Gasteiger partial charge in [-0.1, -0.05) is 110 Å². The monoisotopic (exact) mass is 1090 g/mol. The Bertz CT molecular complexity index is 2820. The van der Waals surface area contributed by atoms with Crippen LogP contribution in [0.4, 0.5) is 20.4 Å². The minimum atomic E-state index is -0.354. The van der Waals surface area contributed by atoms with Gasteiger partial charge in [-0.15, -0.1) is 0 Å². The maximum atomic E-state index is 14.3. The van der Waals surface area contributed by atoms with Crippen LogP contribution in [0.25, 0.3) is 0 Å². The highest BCUT2D eigenvalue weighted by Gasteiger charge is 2.32. The number of rotatable bonds is 21. The molecule has 16 heteroatoms. The number of benzene rings is 4. The topological polar surface area (TPSA) is 97.8 Å². The second kappa shape index (κ2) is 28.1. The molecule has 1 atom stereocenters. The summed E-state index contributed by atoms with van der Waals surface area (Å²) in [6.45, 7) is 19.3. The van der Waals surface area contributed by atoms with Crippen molar-refractivity contribution in [1.29, 1.82) is 0 Å². The van der Waals surface area contributed by atoms with Crippen molar-refractivity contribution in [2.75, 3.05) is 82.4 Å². The van der Waals surface area contributed by atoms with Gasteiger partial charge < -0.3 is 19.3 Å². The Hall–Kier alpha value is -6.00. The van der Waals surface area contributed by atoms with E-state index >= 15 is 0 Å². The molecule has 4 aromatic carbocycles. The van der Waals surface area contributed by atoms with Gasteiger partial charge in [0.2, 0.25) is 0 Å². The maximum absolute atomic E-state index is 14.3. The zero-order chi connectivity index (χ0) is 54.3. The van der Waals surface area contributed by atoms with E-state index in [9.17, 15) is 18.4 Å². The number of halogens is 4. The highest BCUT2D eigenvalue weighted by Crippen LogP contribution is 2.32. The average molecular weight is 1090 g/mol. The van der Waals surface area contributed by atoms with Crippen LogP contribution in [0.5, 0.6) is 0 Å². The zero-order valence-electron chi connectivity index (χ0n) is 44.9. The Morgan fingerprint density at radius 3 is 1.52 bits per heavy atom. The summed E-state index contributed by atoms with van der Waals surface area (Å²) in [6.07, 6.45) is 5.48. The van der Waals surface area contributed by atoms with E-state index in [-0.39, 0.29) is 42.0 Å². The number of carbonyl (C=O) groups excluding carboxylic acids is 2. The fraction of sp³-hybridized carbons (Fsp3) is 0.410. The predicted octanol–water partition coefficient (Wildman–Crippen LogP) is 11.2. The van der Waals surface area contributed by atoms with Gasteiger partial charge in [0.1, 0.15) is 29.9 Å². The fourth-order valence-corrected chi connectivity index (χ4v) is 10.3. The van der Waals surface area contributed by atoms with Gasteiger partial charge >= 0.3 is 11.9 Å². The number of pyridine rings is 2. The lowest BCUT2D eigenvalue weighted by atomic mass is 10.0. The zero-order valence-corrected chi connectivity index (χ0v) is 46.4. The Kier molecular flexibility index (Phi) is 20.8. The maximum Gasteiger partial charge on any atom is 0.312 e. The van der Waals surface area contributed by atoms with Crippen LogP contribution in [0.1, 0.15) is 84.0 Å². The van der Waals surface area contributed by atoms with Gasteiger partial charge in [0, 0.05) is 136 Å². The molecule has 1 aliphatic carbocycles. The van der Waals surface area contributed by atoms with Gasteiger partial charge in [0.25, 0.3) is 0 Å². The first-order valence-corrected chi connectivity index (χ1v) is 27.7. The first-order chi connectivity index (χ1) is 37.4. The minimum absolute atomic E-state index is 0.0856. The molecule has 77 heavy (non-hydrogen) atoms. The largest absolute Gasteiger partial charge is 0.469 e. The molecule has 3 fully saturated rings. The summed E-state index contributed by atoms with van der Waals surface area (Å²) in [5.41, 5.74) is 7.89. The highest BCUT2D eigenvalue weighted by atomic mass is 35.5. The van der Waals surface area contributed by atoms with Crippen LogP contribution in [-0.4, -0.2) is 114 Å². The van der Waals surface area contributed by atoms with E-state index in [1.54, 1.807) is 36.7 Å². The molecule has 9 rings (SSSR count). The van der Waals surface area contributed by atoms with Crippen molar-refractivity contribution in [3.05, 3.63) is 188 Å². The average Bonchev–Trinajstić information content (AvgIpc) is 4.32. The Balaban J connectivity index is 0.000000204. The molecule has 0 amide bonds. The van der Waals surface area contributed by atoms with Crippen molar-refractivity contribution >= 4 is 46.8 Å². The summed E-state index contributed by atoms with van der Waals surface area (Å²) < 4.78 is 39.0. The summed E-state index contributed by atoms with van der Waals surface area (Å²) in [4.78, 5) is 47.1. The van der Waals surface area contributed by atoms with E-state index in [1.165, 1.54) is 41.5 Å². The van der Waals surface area contributed by atoms with Crippen molar-refractivity contribution in [2.24, 2.45) is 5.92 Å². The highest BCUT2D eigenvalue weighted by molar-refractivity contribution is 6.31. The van der Waals surface area contributed by atoms with Crippen molar-refractivity contribution < 1.29 is 27.8 Å². The van der Waals surface area contributed by atoms with Gasteiger partial charge in [-0.25, -0.2) is 18.7 Å². The van der Waals surface area contributed by atoms with Gasteiger partial charge in [-0.05, 0) is 91.5 Å². The van der Waals surface area contributed by atoms with Crippen LogP contribution in [0.2, 0.25) is 10.0 Å². The van der Waals surface area contributed by atoms with Crippen LogP contribution >= 0.6 is 23.2 Å². The number of nitrogens with zero attached hydrogens (tertiary/aromatic N) is 8. The third kappa shape index (κ3) is 16.1. The van der Waals surface area contributed by atoms with Gasteiger partial charge in [-0.2, -0.15) is 0 Å². The lowest BCUT2D eigenvalue weighted by molar-refractivity contribution is -0.146. The number of anilines is 2. The molecule has 1 unspecified atom stereocenters. The molecule has 0 N–H and O–H groups in total. The quantitative estimate of drug-likeness (QED) is 0.0642. The third-order valence-corrected chi connectivity index (χ3v) is 15.5. The second-order valence-corrected chi connectivity index (χ2v) is 21.0. The molecule has 3 aliphatic rings. The first-order valence-electron chi connectivity index (χ1n) is 26.9. The summed E-state index contributed by atoms with van der Waals surface area (Å²) >= 11 is 12.5. The molecule has 0 bridgehead atoms. The van der Waals surface area contributed by atoms with E-state index in [4.69, 9.17) is 32.7 Å². The number of esters is 2. The summed E-state index contributed by atoms with van der Waals surface area (Å²) in [7, 11) is 1.42. The molecule has 4 heterocycles. The minimum Gasteiger partial charge on any atom is -0.469 e. The van der Waals surface area contributed by atoms with Gasteiger partial charge in [0.15, 0.2) is 0 Å². The van der Waals surface area contributed by atoms with Crippen LogP contribution < -0.4 is 9.80 Å². The van der Waals surface area contributed by atoms with Crippen molar-refractivity contribution in [3.63, 3.8) is 0 Å². The Labute approximate surface area is 463 Å². The number of aromatic nitrogens is 2. The van der Waals surface area contributed by atoms with Crippen molar-refractivity contribution in [3.8, 4) is 0 Å². The first kappa shape index (κ1) is 57.2. The number of hydrogen-bond acceptors (Lipinski definition) is 12. The van der Waals surface area contributed by atoms with Crippen molar-refractivity contribution in [1.82, 2.24) is 29.6 Å². The molecular formula is C61H72Cl2F2N8O4. The Morgan fingerprint density at radius 2 is 1.06 bits per heavy atom. The summed E-state index contributed by atoms with van der Waals surface area (Å²) in [5.74, 6) is 0.681. The van der Waals surface area contributed by atoms with Crippen LogP contribution in [-0.2, 0) is 64.9 Å². The molecule has 2 saturated heterocycles. The summed E-state index contributed by atoms with van der Waals surface area (Å²) in [5, 5.41) is 0.941. The molecule has 6 aromatic rings. The molecule has 2 aromatic heterocycles. The summed E-state index contributed by atoms with van der Waals surface area (Å²) in [6, 6.07) is 34.8. The SMILES string of the molecule is CCN(Cc1ccc(CN2CCN(c3ncccc3C(C)C(=O)OC)CC2)cc1)Cc1c(F)cccc1Cl.CCN(Cc1ccc(CN2CCN(c3ncccc3COC(=O)C3CC3)CC2)cc1)Cc1c(F)cccc1Cl. The predicted molar refractivity (Wildman–Crippen MR) is 302 cm³/mol. The number of carbonyl (C=O) groups is 2. The number of ether oxygens (including phenoxy) is 2. The number of piperazine rings is 2. The third-order valence-electron chi connectivity index (χ3n) is 14.8. The van der Waals surface area contributed by atoms with E-state index in [2.05, 4.69) is 102 Å². The molecule has 12 nitrogen and oxygen atoms in total. The smallest absolute Gasteiger partial charge is 0.312 e. The molecule has 0 radical (unpaired) electrons. The van der Waals surface area contributed by atoms with Crippen LogP contribution in [0, 0.1) is 17.6 Å². The van der Waals surface area contributed by atoms with E-state index in [1.807, 2.05) is 31.2 Å². The fourth-order valence-electron chi connectivity index (χ4n) is 9.87. The lowest BCUT2D eigenvalue weighted by Crippen LogP contribution is -2.46. The Morgan fingerprint density at radius 1 is 0.610 bits per heavy atom. The normalized spacial score (nSPS) is 15.6. The second-order valence-electron chi connectivity index (χ2n) is 20.2. The molecular weight excluding hydrogens is 1020 g/mol. The van der Waals surface area contributed by atoms with Gasteiger partial charge in [0.05, 0.1) is 18.9 Å². The number of methoxy groups -OCH3 is 1.